The molecule has 2 aliphatic rings. The molecule has 0 spiro atoms. The van der Waals surface area contributed by atoms with Gasteiger partial charge in [-0.05, 0) is 68.0 Å². The minimum Gasteiger partial charge on any atom is -0.374 e. The molecule has 5 heteroatoms. The minimum absolute atomic E-state index is 0.0917. The summed E-state index contributed by atoms with van der Waals surface area (Å²) in [5, 5.41) is 0. The molecular weight excluding hydrogens is 456 g/mol. The van der Waals surface area contributed by atoms with Gasteiger partial charge in [0.05, 0.1) is 28.9 Å². The van der Waals surface area contributed by atoms with Gasteiger partial charge < -0.3 is 14.7 Å². The molecule has 0 fully saturated rings. The number of fused-ring (bicyclic) bond motifs is 11. The maximum absolute atomic E-state index is 6.33. The Morgan fingerprint density at radius 1 is 0.757 bits per heavy atom. The Morgan fingerprint density at radius 2 is 1.49 bits per heavy atom. The van der Waals surface area contributed by atoms with Crippen LogP contribution in [-0.4, -0.2) is 26.5 Å². The SMILES string of the molecule is CCCCCCOC(C)c1c2nc(cc3nc(cc4ccc(cc5ccc1[nH]5)[nH]4)-c1ccccc1-3)C=C2. The summed E-state index contributed by atoms with van der Waals surface area (Å²) in [6.07, 6.45) is 8.82. The van der Waals surface area contributed by atoms with Crippen molar-refractivity contribution in [1.29, 1.82) is 0 Å². The molecule has 6 rings (SSSR count). The zero-order valence-corrected chi connectivity index (χ0v) is 21.4. The number of benzene rings is 1. The first-order valence-corrected chi connectivity index (χ1v) is 13.3. The fourth-order valence-corrected chi connectivity index (χ4v) is 5.15. The van der Waals surface area contributed by atoms with Crippen LogP contribution in [0, 0.1) is 0 Å². The van der Waals surface area contributed by atoms with Crippen molar-refractivity contribution in [1.82, 2.24) is 19.9 Å². The molecule has 8 bridgehead atoms. The van der Waals surface area contributed by atoms with Crippen LogP contribution in [0.4, 0.5) is 0 Å². The van der Waals surface area contributed by atoms with E-state index >= 15 is 0 Å². The lowest BCUT2D eigenvalue weighted by Crippen LogP contribution is -2.04. The second-order valence-corrected chi connectivity index (χ2v) is 9.80. The van der Waals surface area contributed by atoms with Crippen LogP contribution in [0.5, 0.6) is 0 Å². The number of aromatic nitrogens is 4. The number of hydrogen-bond acceptors (Lipinski definition) is 3. The standard InChI is InChI=1S/C32H32N4O/c1-3-4-5-8-17-37-21(2)32-28-15-13-23(34-28)18-22-11-12-24(33-22)19-30-26-9-6-7-10-27(26)31(36-30)20-25-14-16-29(32)35-25/h6-7,9-16,18-21,33-34H,3-5,8,17H2,1-2H3. The van der Waals surface area contributed by atoms with Gasteiger partial charge in [0.25, 0.3) is 0 Å². The molecule has 37 heavy (non-hydrogen) atoms. The van der Waals surface area contributed by atoms with Crippen molar-refractivity contribution in [3.63, 3.8) is 0 Å². The van der Waals surface area contributed by atoms with Gasteiger partial charge in [0.2, 0.25) is 0 Å². The summed E-state index contributed by atoms with van der Waals surface area (Å²) in [4.78, 5) is 17.1. The number of unbranched alkanes of at least 4 members (excludes halogenated alkanes) is 3. The van der Waals surface area contributed by atoms with E-state index in [0.717, 1.165) is 74.6 Å². The van der Waals surface area contributed by atoms with E-state index in [0.29, 0.717) is 0 Å². The summed E-state index contributed by atoms with van der Waals surface area (Å²) in [6.45, 7) is 5.11. The normalized spacial score (nSPS) is 13.0. The van der Waals surface area contributed by atoms with Crippen LogP contribution in [0.25, 0.3) is 56.7 Å². The van der Waals surface area contributed by atoms with E-state index in [1.165, 1.54) is 19.3 Å². The summed E-state index contributed by atoms with van der Waals surface area (Å²) in [5.74, 6) is 0. The van der Waals surface area contributed by atoms with Gasteiger partial charge in [-0.1, -0.05) is 50.5 Å². The third kappa shape index (κ3) is 4.87. The lowest BCUT2D eigenvalue weighted by molar-refractivity contribution is 0.0633. The van der Waals surface area contributed by atoms with Crippen LogP contribution in [0.3, 0.4) is 0 Å². The van der Waals surface area contributed by atoms with Gasteiger partial charge in [-0.25, -0.2) is 9.97 Å². The highest BCUT2D eigenvalue weighted by Crippen LogP contribution is 2.36. The van der Waals surface area contributed by atoms with Crippen LogP contribution >= 0.6 is 0 Å². The van der Waals surface area contributed by atoms with E-state index in [1.807, 2.05) is 0 Å². The first kappa shape index (κ1) is 23.4. The fraction of sp³-hybridized carbons (Fsp3) is 0.250. The Labute approximate surface area is 217 Å². The highest BCUT2D eigenvalue weighted by Gasteiger charge is 2.18. The predicted octanol–water partition coefficient (Wildman–Crippen LogP) is 8.48. The van der Waals surface area contributed by atoms with Crippen LogP contribution < -0.4 is 0 Å². The van der Waals surface area contributed by atoms with E-state index < -0.39 is 0 Å². The summed E-state index contributed by atoms with van der Waals surface area (Å²) < 4.78 is 6.33. The first-order chi connectivity index (χ1) is 18.2. The van der Waals surface area contributed by atoms with Crippen LogP contribution in [-0.2, 0) is 4.74 Å². The number of rotatable bonds is 7. The predicted molar refractivity (Wildman–Crippen MR) is 153 cm³/mol. The molecule has 1 atom stereocenters. The molecule has 2 N–H and O–H groups in total. The van der Waals surface area contributed by atoms with Crippen LogP contribution in [0.2, 0.25) is 0 Å². The number of nitrogens with zero attached hydrogens (tertiary/aromatic N) is 2. The zero-order valence-electron chi connectivity index (χ0n) is 21.4. The monoisotopic (exact) mass is 488 g/mol. The molecule has 3 aromatic heterocycles. The van der Waals surface area contributed by atoms with E-state index in [4.69, 9.17) is 14.7 Å². The quantitative estimate of drug-likeness (QED) is 0.221. The van der Waals surface area contributed by atoms with Crippen molar-refractivity contribution in [3.8, 4) is 22.5 Å². The molecule has 0 radical (unpaired) electrons. The Balaban J connectivity index is 1.54. The Kier molecular flexibility index (Phi) is 6.46. The summed E-state index contributed by atoms with van der Waals surface area (Å²) >= 11 is 0. The zero-order chi connectivity index (χ0) is 25.2. The van der Waals surface area contributed by atoms with Gasteiger partial charge in [0.1, 0.15) is 0 Å². The maximum Gasteiger partial charge on any atom is 0.0838 e. The largest absolute Gasteiger partial charge is 0.374 e. The average Bonchev–Trinajstić information content (AvgIpc) is 3.70. The van der Waals surface area contributed by atoms with Crippen molar-refractivity contribution < 1.29 is 4.74 Å². The molecule has 0 saturated carbocycles. The van der Waals surface area contributed by atoms with Gasteiger partial charge in [0, 0.05) is 45.4 Å². The Morgan fingerprint density at radius 3 is 2.30 bits per heavy atom. The highest BCUT2D eigenvalue weighted by molar-refractivity contribution is 5.87. The third-order valence-electron chi connectivity index (χ3n) is 7.05. The Hall–Kier alpha value is -3.96. The van der Waals surface area contributed by atoms with E-state index in [-0.39, 0.29) is 6.10 Å². The number of hydrogen-bond donors (Lipinski definition) is 2. The summed E-state index contributed by atoms with van der Waals surface area (Å²) in [5.41, 5.74) is 11.2. The molecule has 4 aromatic rings. The average molecular weight is 489 g/mol. The van der Waals surface area contributed by atoms with Gasteiger partial charge in [-0.15, -0.1) is 0 Å². The summed E-state index contributed by atoms with van der Waals surface area (Å²) in [7, 11) is 0. The molecule has 186 valence electrons. The molecule has 0 aliphatic carbocycles. The lowest BCUT2D eigenvalue weighted by atomic mass is 10.0. The van der Waals surface area contributed by atoms with Gasteiger partial charge in [-0.3, -0.25) is 0 Å². The molecule has 5 nitrogen and oxygen atoms in total. The fourth-order valence-electron chi connectivity index (χ4n) is 5.15. The van der Waals surface area contributed by atoms with E-state index in [9.17, 15) is 0 Å². The second-order valence-electron chi connectivity index (χ2n) is 9.80. The molecular formula is C32H32N4O. The van der Waals surface area contributed by atoms with Crippen molar-refractivity contribution in [3.05, 3.63) is 83.7 Å². The lowest BCUT2D eigenvalue weighted by Gasteiger charge is -2.14. The number of nitrogens with one attached hydrogen (secondary N) is 2. The third-order valence-corrected chi connectivity index (χ3v) is 7.05. The Bertz CT molecular complexity index is 1620. The molecule has 1 aromatic carbocycles. The molecule has 1 unspecified atom stereocenters. The van der Waals surface area contributed by atoms with E-state index in [1.54, 1.807) is 0 Å². The van der Waals surface area contributed by atoms with Crippen molar-refractivity contribution in [2.75, 3.05) is 6.61 Å². The molecule has 5 heterocycles. The van der Waals surface area contributed by atoms with Gasteiger partial charge >= 0.3 is 0 Å². The highest BCUT2D eigenvalue weighted by atomic mass is 16.5. The second kappa shape index (κ2) is 10.2. The number of aromatic amines is 2. The maximum atomic E-state index is 6.33. The number of ether oxygens (including phenoxy) is 1. The van der Waals surface area contributed by atoms with Crippen LogP contribution in [0.15, 0.2) is 66.7 Å². The minimum atomic E-state index is -0.0917. The van der Waals surface area contributed by atoms with E-state index in [2.05, 4.69) is 103 Å². The van der Waals surface area contributed by atoms with Gasteiger partial charge in [-0.2, -0.15) is 0 Å². The molecule has 0 amide bonds. The van der Waals surface area contributed by atoms with Crippen molar-refractivity contribution >= 4 is 34.2 Å². The van der Waals surface area contributed by atoms with Gasteiger partial charge in [0.15, 0.2) is 0 Å². The topological polar surface area (TPSA) is 66.6 Å². The smallest absolute Gasteiger partial charge is 0.0838 e. The van der Waals surface area contributed by atoms with Crippen LogP contribution in [0.1, 0.15) is 62.6 Å². The number of H-pyrrole nitrogens is 2. The summed E-state index contributed by atoms with van der Waals surface area (Å²) in [6, 6.07) is 23.1. The van der Waals surface area contributed by atoms with Crippen molar-refractivity contribution in [2.45, 2.75) is 45.6 Å². The first-order valence-electron chi connectivity index (χ1n) is 13.3. The van der Waals surface area contributed by atoms with Crippen molar-refractivity contribution in [2.24, 2.45) is 0 Å². The molecule has 2 aliphatic heterocycles. The molecule has 0 saturated heterocycles.